The summed E-state index contributed by atoms with van der Waals surface area (Å²) >= 11 is 0. The number of rotatable bonds is 3. The van der Waals surface area contributed by atoms with Crippen LogP contribution in [0.5, 0.6) is 11.5 Å². The Balaban J connectivity index is 1.32. The minimum atomic E-state index is -0.720. The Kier molecular flexibility index (Phi) is 4.61. The van der Waals surface area contributed by atoms with Gasteiger partial charge in [-0.05, 0) is 35.0 Å². The quantitative estimate of drug-likeness (QED) is 0.703. The van der Waals surface area contributed by atoms with Gasteiger partial charge in [0.05, 0.1) is 6.54 Å². The molecule has 3 aromatic carbocycles. The topological polar surface area (TPSA) is 76.7 Å². The second-order valence-electron chi connectivity index (χ2n) is 6.22. The fourth-order valence-corrected chi connectivity index (χ4v) is 2.91. The highest BCUT2D eigenvalue weighted by Gasteiger charge is 2.22. The van der Waals surface area contributed by atoms with E-state index in [1.54, 1.807) is 12.1 Å². The van der Waals surface area contributed by atoms with E-state index in [0.717, 1.165) is 10.8 Å². The molecule has 0 spiro atoms. The summed E-state index contributed by atoms with van der Waals surface area (Å²) in [5.74, 6) is -0.134. The van der Waals surface area contributed by atoms with Crippen molar-refractivity contribution in [1.29, 1.82) is 0 Å². The van der Waals surface area contributed by atoms with Crippen LogP contribution < -0.4 is 20.1 Å². The molecule has 6 heteroatoms. The Hall–Kier alpha value is -3.54. The third-order valence-electron chi connectivity index (χ3n) is 4.27. The van der Waals surface area contributed by atoms with Gasteiger partial charge in [-0.3, -0.25) is 9.59 Å². The largest absolute Gasteiger partial charge is 0.486 e. The fourth-order valence-electron chi connectivity index (χ4n) is 2.91. The van der Waals surface area contributed by atoms with Crippen molar-refractivity contribution >= 4 is 28.3 Å². The first-order chi connectivity index (χ1) is 13.2. The van der Waals surface area contributed by atoms with Crippen molar-refractivity contribution < 1.29 is 19.1 Å². The lowest BCUT2D eigenvalue weighted by molar-refractivity contribution is -0.136. The molecule has 2 N–H and O–H groups in total. The first-order valence-electron chi connectivity index (χ1n) is 8.65. The van der Waals surface area contributed by atoms with Gasteiger partial charge in [0.25, 0.3) is 0 Å². The highest BCUT2D eigenvalue weighted by molar-refractivity contribution is 6.39. The summed E-state index contributed by atoms with van der Waals surface area (Å²) in [5, 5.41) is 7.25. The first kappa shape index (κ1) is 16.9. The van der Waals surface area contributed by atoms with Crippen molar-refractivity contribution in [2.75, 3.05) is 18.5 Å². The Morgan fingerprint density at radius 1 is 0.889 bits per heavy atom. The average molecular weight is 362 g/mol. The van der Waals surface area contributed by atoms with Crippen LogP contribution in [-0.4, -0.2) is 31.1 Å². The number of ether oxygens (including phenoxy) is 2. The van der Waals surface area contributed by atoms with Crippen molar-refractivity contribution in [2.45, 2.75) is 6.10 Å². The number of benzene rings is 3. The molecule has 0 saturated heterocycles. The summed E-state index contributed by atoms with van der Waals surface area (Å²) in [7, 11) is 0. The summed E-state index contributed by atoms with van der Waals surface area (Å²) in [5.41, 5.74) is 0.569. The fraction of sp³-hybridized carbons (Fsp3) is 0.143. The number of carbonyl (C=O) groups is 2. The Bertz CT molecular complexity index is 1000. The standard InChI is InChI=1S/C21H18N2O4/c24-20(22-12-17-13-26-18-7-3-4-8-19(18)27-17)21(25)23-16-10-9-14-5-1-2-6-15(14)11-16/h1-11,17H,12-13H2,(H,22,24)(H,23,25). The lowest BCUT2D eigenvalue weighted by Gasteiger charge is -2.26. The van der Waals surface area contributed by atoms with Gasteiger partial charge in [0.1, 0.15) is 12.7 Å². The zero-order valence-electron chi connectivity index (χ0n) is 14.5. The highest BCUT2D eigenvalue weighted by Crippen LogP contribution is 2.30. The molecule has 0 saturated carbocycles. The Morgan fingerprint density at radius 2 is 1.63 bits per heavy atom. The maximum Gasteiger partial charge on any atom is 0.313 e. The molecule has 0 radical (unpaired) electrons. The van der Waals surface area contributed by atoms with Gasteiger partial charge < -0.3 is 20.1 Å². The van der Waals surface area contributed by atoms with Crippen LogP contribution >= 0.6 is 0 Å². The van der Waals surface area contributed by atoms with Gasteiger partial charge in [-0.2, -0.15) is 0 Å². The number of fused-ring (bicyclic) bond motifs is 2. The molecule has 6 nitrogen and oxygen atoms in total. The monoisotopic (exact) mass is 362 g/mol. The van der Waals surface area contributed by atoms with Crippen LogP contribution in [0.3, 0.4) is 0 Å². The predicted molar refractivity (Wildman–Crippen MR) is 102 cm³/mol. The molecule has 1 atom stereocenters. The van der Waals surface area contributed by atoms with E-state index < -0.39 is 11.8 Å². The van der Waals surface area contributed by atoms with Crippen molar-refractivity contribution in [2.24, 2.45) is 0 Å². The molecule has 1 heterocycles. The molecule has 136 valence electrons. The predicted octanol–water partition coefficient (Wildman–Crippen LogP) is 2.73. The molecular weight excluding hydrogens is 344 g/mol. The molecule has 0 fully saturated rings. The molecule has 27 heavy (non-hydrogen) atoms. The molecule has 1 aliphatic heterocycles. The van der Waals surface area contributed by atoms with Crippen molar-refractivity contribution in [3.63, 3.8) is 0 Å². The first-order valence-corrected chi connectivity index (χ1v) is 8.65. The van der Waals surface area contributed by atoms with E-state index in [0.29, 0.717) is 23.8 Å². The van der Waals surface area contributed by atoms with Gasteiger partial charge in [-0.25, -0.2) is 0 Å². The summed E-state index contributed by atoms with van der Waals surface area (Å²) in [6.45, 7) is 0.488. The lowest BCUT2D eigenvalue weighted by Crippen LogP contribution is -2.44. The van der Waals surface area contributed by atoms with Crippen molar-refractivity contribution in [1.82, 2.24) is 5.32 Å². The number of hydrogen-bond acceptors (Lipinski definition) is 4. The number of hydrogen-bond donors (Lipinski definition) is 2. The van der Waals surface area contributed by atoms with Crippen LogP contribution in [0.2, 0.25) is 0 Å². The normalized spacial score (nSPS) is 15.2. The van der Waals surface area contributed by atoms with Gasteiger partial charge in [-0.1, -0.05) is 42.5 Å². The third-order valence-corrected chi connectivity index (χ3v) is 4.27. The number of carbonyl (C=O) groups excluding carboxylic acids is 2. The SMILES string of the molecule is O=C(NCC1COc2ccccc2O1)C(=O)Nc1ccc2ccccc2c1. The summed E-state index contributed by atoms with van der Waals surface area (Å²) < 4.78 is 11.3. The average Bonchev–Trinajstić information content (AvgIpc) is 2.71. The van der Waals surface area contributed by atoms with Crippen LogP contribution in [-0.2, 0) is 9.59 Å². The zero-order valence-corrected chi connectivity index (χ0v) is 14.5. The van der Waals surface area contributed by atoms with Crippen molar-refractivity contribution in [3.05, 3.63) is 66.7 Å². The molecular formula is C21H18N2O4. The van der Waals surface area contributed by atoms with Gasteiger partial charge in [0, 0.05) is 5.69 Å². The minimum Gasteiger partial charge on any atom is -0.486 e. The summed E-state index contributed by atoms with van der Waals surface area (Å²) in [6, 6.07) is 20.6. The summed E-state index contributed by atoms with van der Waals surface area (Å²) in [6.07, 6.45) is -0.350. The van der Waals surface area contributed by atoms with Gasteiger partial charge in [0.15, 0.2) is 11.5 Å². The number of nitrogens with one attached hydrogen (secondary N) is 2. The third kappa shape index (κ3) is 3.84. The second-order valence-corrected chi connectivity index (χ2v) is 6.22. The molecule has 2 amide bonds. The lowest BCUT2D eigenvalue weighted by atomic mass is 10.1. The van der Waals surface area contributed by atoms with E-state index >= 15 is 0 Å². The molecule has 1 unspecified atom stereocenters. The number of para-hydroxylation sites is 2. The molecule has 0 bridgehead atoms. The van der Waals surface area contributed by atoms with Crippen LogP contribution in [0.4, 0.5) is 5.69 Å². The zero-order chi connectivity index (χ0) is 18.6. The van der Waals surface area contributed by atoms with Crippen LogP contribution in [0.15, 0.2) is 66.7 Å². The van der Waals surface area contributed by atoms with E-state index in [4.69, 9.17) is 9.47 Å². The smallest absolute Gasteiger partial charge is 0.313 e. The number of anilines is 1. The van der Waals surface area contributed by atoms with Gasteiger partial charge >= 0.3 is 11.8 Å². The molecule has 0 aromatic heterocycles. The van der Waals surface area contributed by atoms with Crippen molar-refractivity contribution in [3.8, 4) is 11.5 Å². The minimum absolute atomic E-state index is 0.179. The molecule has 1 aliphatic rings. The van der Waals surface area contributed by atoms with Crippen LogP contribution in [0.1, 0.15) is 0 Å². The second kappa shape index (κ2) is 7.37. The van der Waals surface area contributed by atoms with E-state index in [9.17, 15) is 9.59 Å². The molecule has 3 aromatic rings. The highest BCUT2D eigenvalue weighted by atomic mass is 16.6. The Labute approximate surface area is 156 Å². The maximum atomic E-state index is 12.1. The van der Waals surface area contributed by atoms with E-state index in [2.05, 4.69) is 10.6 Å². The van der Waals surface area contributed by atoms with Gasteiger partial charge in [0.2, 0.25) is 0 Å². The maximum absolute atomic E-state index is 12.1. The van der Waals surface area contributed by atoms with Crippen LogP contribution in [0.25, 0.3) is 10.8 Å². The van der Waals surface area contributed by atoms with E-state index in [1.807, 2.05) is 54.6 Å². The number of amides is 2. The summed E-state index contributed by atoms with van der Waals surface area (Å²) in [4.78, 5) is 24.2. The van der Waals surface area contributed by atoms with Gasteiger partial charge in [-0.15, -0.1) is 0 Å². The molecule has 0 aliphatic carbocycles. The van der Waals surface area contributed by atoms with E-state index in [1.165, 1.54) is 0 Å². The Morgan fingerprint density at radius 3 is 2.48 bits per heavy atom. The molecule has 4 rings (SSSR count). The van der Waals surface area contributed by atoms with E-state index in [-0.39, 0.29) is 12.6 Å². The van der Waals surface area contributed by atoms with Crippen LogP contribution in [0, 0.1) is 0 Å².